The van der Waals surface area contributed by atoms with E-state index in [-0.39, 0.29) is 0 Å². The van der Waals surface area contributed by atoms with Crippen molar-refractivity contribution in [1.82, 2.24) is 0 Å². The highest BCUT2D eigenvalue weighted by Crippen LogP contribution is 2.06. The van der Waals surface area contributed by atoms with Gasteiger partial charge in [-0.2, -0.15) is 0 Å². The average Bonchev–Trinajstić information content (AvgIpc) is 2.17. The lowest BCUT2D eigenvalue weighted by atomic mass is 10.1. The van der Waals surface area contributed by atoms with E-state index >= 15 is 0 Å². The Kier molecular flexibility index (Phi) is 3.23. The molecule has 1 aromatic carbocycles. The Morgan fingerprint density at radius 2 is 1.93 bits per heavy atom. The highest BCUT2D eigenvalue weighted by atomic mass is 16.4. The third-order valence-electron chi connectivity index (χ3n) is 1.79. The van der Waals surface area contributed by atoms with Crippen LogP contribution >= 0.6 is 0 Å². The Balaban J connectivity index is 2.96. The van der Waals surface area contributed by atoms with Gasteiger partial charge in [-0.1, -0.05) is 23.8 Å². The largest absolute Gasteiger partial charge is 0.502 e. The predicted octanol–water partition coefficient (Wildman–Crippen LogP) is 1.70. The molecule has 0 spiro atoms. The number of aryl methyl sites for hydroxylation is 1. The first-order chi connectivity index (χ1) is 7.00. The lowest BCUT2D eigenvalue weighted by molar-refractivity contribution is -0.135. The zero-order valence-electron chi connectivity index (χ0n) is 8.10. The minimum absolute atomic E-state index is 0.350. The Hall–Kier alpha value is -2.10. The van der Waals surface area contributed by atoms with Crippen molar-refractivity contribution in [3.8, 4) is 0 Å². The van der Waals surface area contributed by atoms with Crippen LogP contribution in [0.2, 0.25) is 0 Å². The molecule has 4 heteroatoms. The number of hydrogen-bond acceptors (Lipinski definition) is 3. The summed E-state index contributed by atoms with van der Waals surface area (Å²) >= 11 is 0. The molecule has 0 fully saturated rings. The molecule has 78 valence electrons. The minimum Gasteiger partial charge on any atom is -0.502 e. The normalized spacial score (nSPS) is 11.1. The standard InChI is InChI=1S/C11H10O4/c1-7-3-2-4-8(5-7)9(12)6-10(13)11(14)15/h2-6,13H,1H3,(H,14,15)/b10-6-. The van der Waals surface area contributed by atoms with Crippen molar-refractivity contribution in [2.45, 2.75) is 6.92 Å². The van der Waals surface area contributed by atoms with Crippen molar-refractivity contribution in [3.05, 3.63) is 47.2 Å². The van der Waals surface area contributed by atoms with Gasteiger partial charge in [-0.15, -0.1) is 0 Å². The molecule has 0 amide bonds. The summed E-state index contributed by atoms with van der Waals surface area (Å²) in [4.78, 5) is 21.7. The number of aliphatic carboxylic acids is 1. The number of carboxylic acid groups (broad SMARTS) is 1. The summed E-state index contributed by atoms with van der Waals surface area (Å²) in [6.45, 7) is 1.82. The molecule has 0 bridgehead atoms. The van der Waals surface area contributed by atoms with Crippen molar-refractivity contribution < 1.29 is 19.8 Å². The molecule has 0 atom stereocenters. The molecule has 4 nitrogen and oxygen atoms in total. The fraction of sp³-hybridized carbons (Fsp3) is 0.0909. The number of carbonyl (C=O) groups is 2. The number of benzene rings is 1. The molecule has 0 aromatic heterocycles. The quantitative estimate of drug-likeness (QED) is 0.448. The minimum atomic E-state index is -1.52. The predicted molar refractivity (Wildman–Crippen MR) is 53.9 cm³/mol. The number of carboxylic acids is 1. The Bertz CT molecular complexity index is 432. The molecule has 0 saturated carbocycles. The van der Waals surface area contributed by atoms with E-state index in [4.69, 9.17) is 10.2 Å². The number of ketones is 1. The smallest absolute Gasteiger partial charge is 0.371 e. The molecule has 2 N–H and O–H groups in total. The summed E-state index contributed by atoms with van der Waals surface area (Å²) in [6.07, 6.45) is 0.692. The van der Waals surface area contributed by atoms with E-state index < -0.39 is 17.5 Å². The summed E-state index contributed by atoms with van der Waals surface area (Å²) in [5, 5.41) is 17.2. The molecular formula is C11H10O4. The fourth-order valence-corrected chi connectivity index (χ4v) is 1.07. The van der Waals surface area contributed by atoms with Crippen LogP contribution in [0.15, 0.2) is 36.1 Å². The van der Waals surface area contributed by atoms with E-state index in [1.807, 2.05) is 13.0 Å². The molecule has 0 aliphatic carbocycles. The van der Waals surface area contributed by atoms with E-state index in [2.05, 4.69) is 0 Å². The highest BCUT2D eigenvalue weighted by Gasteiger charge is 2.09. The van der Waals surface area contributed by atoms with Crippen molar-refractivity contribution >= 4 is 11.8 Å². The van der Waals surface area contributed by atoms with Gasteiger partial charge in [0.15, 0.2) is 5.78 Å². The molecular weight excluding hydrogens is 196 g/mol. The van der Waals surface area contributed by atoms with E-state index in [0.29, 0.717) is 11.6 Å². The molecule has 0 heterocycles. The third-order valence-corrected chi connectivity index (χ3v) is 1.79. The summed E-state index contributed by atoms with van der Waals surface area (Å²) in [5.74, 6) is -3.00. The molecule has 15 heavy (non-hydrogen) atoms. The lowest BCUT2D eigenvalue weighted by Gasteiger charge is -1.97. The van der Waals surface area contributed by atoms with Gasteiger partial charge in [0.25, 0.3) is 0 Å². The summed E-state index contributed by atoms with van der Waals surface area (Å²) < 4.78 is 0. The molecule has 0 saturated heterocycles. The number of rotatable bonds is 3. The lowest BCUT2D eigenvalue weighted by Crippen LogP contribution is -2.03. The van der Waals surface area contributed by atoms with E-state index in [1.54, 1.807) is 18.2 Å². The maximum atomic E-state index is 11.4. The van der Waals surface area contributed by atoms with Gasteiger partial charge in [0.05, 0.1) is 0 Å². The SMILES string of the molecule is Cc1cccc(C(=O)/C=C(\O)C(=O)O)c1. The first-order valence-electron chi connectivity index (χ1n) is 4.25. The van der Waals surface area contributed by atoms with Crippen molar-refractivity contribution in [2.24, 2.45) is 0 Å². The van der Waals surface area contributed by atoms with Gasteiger partial charge >= 0.3 is 5.97 Å². The maximum Gasteiger partial charge on any atom is 0.371 e. The second kappa shape index (κ2) is 4.41. The van der Waals surface area contributed by atoms with Crippen molar-refractivity contribution in [2.75, 3.05) is 0 Å². The van der Waals surface area contributed by atoms with Crippen molar-refractivity contribution in [3.63, 3.8) is 0 Å². The van der Waals surface area contributed by atoms with Gasteiger partial charge in [-0.25, -0.2) is 4.79 Å². The van der Waals surface area contributed by atoms with E-state index in [1.165, 1.54) is 0 Å². The topological polar surface area (TPSA) is 74.6 Å². The Labute approximate surface area is 86.5 Å². The zero-order valence-corrected chi connectivity index (χ0v) is 8.10. The maximum absolute atomic E-state index is 11.4. The molecule has 0 radical (unpaired) electrons. The Morgan fingerprint density at radius 3 is 2.47 bits per heavy atom. The van der Waals surface area contributed by atoms with Crippen LogP contribution in [-0.2, 0) is 4.79 Å². The first kappa shape index (κ1) is 11.0. The summed E-state index contributed by atoms with van der Waals surface area (Å²) in [5.41, 5.74) is 1.24. The third kappa shape index (κ3) is 2.95. The van der Waals surface area contributed by atoms with Gasteiger partial charge < -0.3 is 10.2 Å². The number of allylic oxidation sites excluding steroid dienone is 1. The van der Waals surface area contributed by atoms with Crippen LogP contribution in [0.25, 0.3) is 0 Å². The Morgan fingerprint density at radius 1 is 1.27 bits per heavy atom. The van der Waals surface area contributed by atoms with Crippen LogP contribution in [0, 0.1) is 6.92 Å². The number of aliphatic hydroxyl groups excluding tert-OH is 1. The van der Waals surface area contributed by atoms with Crippen molar-refractivity contribution in [1.29, 1.82) is 0 Å². The fourth-order valence-electron chi connectivity index (χ4n) is 1.07. The highest BCUT2D eigenvalue weighted by molar-refractivity contribution is 6.07. The second-order valence-corrected chi connectivity index (χ2v) is 3.07. The van der Waals surface area contributed by atoms with Crippen LogP contribution < -0.4 is 0 Å². The van der Waals surface area contributed by atoms with E-state index in [0.717, 1.165) is 5.56 Å². The van der Waals surface area contributed by atoms with Crippen LogP contribution in [-0.4, -0.2) is 22.0 Å². The van der Waals surface area contributed by atoms with Crippen LogP contribution in [0.3, 0.4) is 0 Å². The number of carbonyl (C=O) groups excluding carboxylic acids is 1. The van der Waals surface area contributed by atoms with E-state index in [9.17, 15) is 9.59 Å². The van der Waals surface area contributed by atoms with Crippen LogP contribution in [0.5, 0.6) is 0 Å². The van der Waals surface area contributed by atoms with Gasteiger partial charge in [0.1, 0.15) is 0 Å². The molecule has 1 rings (SSSR count). The molecule has 0 unspecified atom stereocenters. The second-order valence-electron chi connectivity index (χ2n) is 3.07. The van der Waals surface area contributed by atoms with Crippen LogP contribution in [0.1, 0.15) is 15.9 Å². The van der Waals surface area contributed by atoms with Gasteiger partial charge in [0, 0.05) is 11.6 Å². The van der Waals surface area contributed by atoms with Gasteiger partial charge in [-0.05, 0) is 13.0 Å². The molecule has 1 aromatic rings. The van der Waals surface area contributed by atoms with Crippen LogP contribution in [0.4, 0.5) is 0 Å². The monoisotopic (exact) mass is 206 g/mol. The summed E-state index contributed by atoms with van der Waals surface area (Å²) in [6, 6.07) is 6.68. The van der Waals surface area contributed by atoms with Gasteiger partial charge in [-0.3, -0.25) is 4.79 Å². The molecule has 0 aliphatic rings. The molecule has 0 aliphatic heterocycles. The van der Waals surface area contributed by atoms with Gasteiger partial charge in [0.2, 0.25) is 5.76 Å². The zero-order chi connectivity index (χ0) is 11.4. The average molecular weight is 206 g/mol. The summed E-state index contributed by atoms with van der Waals surface area (Å²) in [7, 11) is 0. The first-order valence-corrected chi connectivity index (χ1v) is 4.25. The number of hydrogen-bond donors (Lipinski definition) is 2. The number of aliphatic hydroxyl groups is 1.